The van der Waals surface area contributed by atoms with Crippen molar-refractivity contribution in [3.63, 3.8) is 0 Å². The van der Waals surface area contributed by atoms with Crippen LogP contribution >= 0.6 is 0 Å². The van der Waals surface area contributed by atoms with E-state index in [1.807, 2.05) is 0 Å². The van der Waals surface area contributed by atoms with Gasteiger partial charge in [0.05, 0.1) is 30.3 Å². The van der Waals surface area contributed by atoms with Crippen LogP contribution in [0.4, 0.5) is 4.79 Å². The normalized spacial score (nSPS) is 38.6. The van der Waals surface area contributed by atoms with Crippen LogP contribution in [0, 0.1) is 57.2 Å². The van der Waals surface area contributed by atoms with Crippen molar-refractivity contribution in [3.05, 3.63) is 58.7 Å². The summed E-state index contributed by atoms with van der Waals surface area (Å²) in [6.07, 6.45) is 2.52. The Bertz CT molecular complexity index is 2590. The van der Waals surface area contributed by atoms with Crippen molar-refractivity contribution < 1.29 is 77.9 Å². The van der Waals surface area contributed by atoms with Gasteiger partial charge in [-0.2, -0.15) is 0 Å². The number of ketones is 1. The van der Waals surface area contributed by atoms with Crippen LogP contribution < -0.4 is 5.32 Å². The first-order valence-corrected chi connectivity index (χ1v) is 30.5. The summed E-state index contributed by atoms with van der Waals surface area (Å²) in [5.41, 5.74) is -6.80. The van der Waals surface area contributed by atoms with Crippen molar-refractivity contribution in [2.24, 2.45) is 57.2 Å². The van der Waals surface area contributed by atoms with Crippen molar-refractivity contribution in [3.8, 4) is 0 Å². The third-order valence-corrected chi connectivity index (χ3v) is 21.8. The smallest absolute Gasteiger partial charge is 0.408 e. The summed E-state index contributed by atoms with van der Waals surface area (Å²) in [7, 11) is 0. The number of alkyl carbamates (subject to hydrolysis) is 1. The van der Waals surface area contributed by atoms with Gasteiger partial charge in [-0.1, -0.05) is 110 Å². The highest BCUT2D eigenvalue weighted by Gasteiger charge is 2.75. The number of allylic oxidation sites excluding steroid dienone is 1. The van der Waals surface area contributed by atoms with Crippen LogP contribution in [-0.4, -0.2) is 135 Å². The number of fused-ring (bicyclic) bond motifs is 6. The molecule has 1 aromatic carbocycles. The van der Waals surface area contributed by atoms with E-state index in [4.69, 9.17) is 28.4 Å². The van der Waals surface area contributed by atoms with Crippen LogP contribution in [0.25, 0.3) is 0 Å². The minimum atomic E-state index is -2.36. The third kappa shape index (κ3) is 11.8. The minimum Gasteiger partial charge on any atom is -0.460 e. The predicted molar refractivity (Wildman–Crippen MR) is 304 cm³/mol. The van der Waals surface area contributed by atoms with Gasteiger partial charge in [0.2, 0.25) is 6.10 Å². The van der Waals surface area contributed by atoms with Gasteiger partial charge < -0.3 is 59.3 Å². The van der Waals surface area contributed by atoms with Gasteiger partial charge >= 0.3 is 24.0 Å². The van der Waals surface area contributed by atoms with E-state index < -0.39 is 126 Å². The van der Waals surface area contributed by atoms with E-state index >= 15 is 0 Å². The van der Waals surface area contributed by atoms with Gasteiger partial charge in [0.15, 0.2) is 5.78 Å². The topological polar surface area (TPSA) is 254 Å². The number of rotatable bonds is 17. The van der Waals surface area contributed by atoms with E-state index in [-0.39, 0.29) is 41.3 Å². The largest absolute Gasteiger partial charge is 0.460 e. The molecule has 17 nitrogen and oxygen atoms in total. The molecule has 2 bridgehead atoms. The lowest BCUT2D eigenvalue weighted by Gasteiger charge is -2.66. The number of Topliss-reactive ketones (excluding diaryl/α,β-unsaturated/α-hetero) is 1. The molecule has 6 N–H and O–H groups in total. The summed E-state index contributed by atoms with van der Waals surface area (Å²) in [5.74, 6) is -2.00. The number of aliphatic hydroxyl groups is 5. The Balaban J connectivity index is 0.957. The lowest BCUT2D eigenvalue weighted by Crippen LogP contribution is -2.80. The Morgan fingerprint density at radius 2 is 1.55 bits per heavy atom. The minimum absolute atomic E-state index is 0.00386. The Hall–Kier alpha value is -4.23. The number of aliphatic hydroxyl groups excluding tert-OH is 3. The fourth-order valence-corrected chi connectivity index (χ4v) is 16.8. The Morgan fingerprint density at radius 1 is 0.866 bits per heavy atom. The first-order valence-electron chi connectivity index (χ1n) is 30.5. The molecule has 0 spiro atoms. The van der Waals surface area contributed by atoms with Gasteiger partial charge in [0.1, 0.15) is 54.4 Å². The van der Waals surface area contributed by atoms with Crippen molar-refractivity contribution in [1.29, 1.82) is 0 Å². The Labute approximate surface area is 486 Å². The molecule has 1 aliphatic heterocycles. The van der Waals surface area contributed by atoms with Crippen LogP contribution in [0.2, 0.25) is 0 Å². The molecule has 18 atom stereocenters. The first-order chi connectivity index (χ1) is 38.3. The van der Waals surface area contributed by atoms with Gasteiger partial charge in [0.25, 0.3) is 0 Å². The van der Waals surface area contributed by atoms with E-state index in [0.29, 0.717) is 30.1 Å². The van der Waals surface area contributed by atoms with Gasteiger partial charge in [-0.05, 0) is 144 Å². The number of amides is 1. The lowest BCUT2D eigenvalue weighted by atomic mass is 9.45. The first kappa shape index (κ1) is 63.8. The fourth-order valence-electron chi connectivity index (χ4n) is 16.8. The molecule has 8 rings (SSSR count). The van der Waals surface area contributed by atoms with E-state index in [2.05, 4.69) is 52.9 Å². The second-order valence-corrected chi connectivity index (χ2v) is 28.5. The zero-order valence-corrected chi connectivity index (χ0v) is 51.1. The van der Waals surface area contributed by atoms with E-state index in [1.165, 1.54) is 84.6 Å². The number of carbonyl (C=O) groups is 5. The zero-order valence-electron chi connectivity index (χ0n) is 51.1. The molecule has 82 heavy (non-hydrogen) atoms. The summed E-state index contributed by atoms with van der Waals surface area (Å²) in [6.45, 7) is 23.3. The maximum absolute atomic E-state index is 15.0. The third-order valence-electron chi connectivity index (χ3n) is 21.8. The van der Waals surface area contributed by atoms with Gasteiger partial charge in [0, 0.05) is 30.6 Å². The van der Waals surface area contributed by atoms with Gasteiger partial charge in [-0.3, -0.25) is 4.79 Å². The summed E-state index contributed by atoms with van der Waals surface area (Å²) >= 11 is 0. The van der Waals surface area contributed by atoms with Crippen LogP contribution in [0.1, 0.15) is 185 Å². The zero-order chi connectivity index (χ0) is 60.3. The SMILES string of the molecule is C/C=C1/C[C@@H](OC(=O)COCC(=O)O[C@@H](C(=O)O[C@H]2C[C@@]3(O)[C@@H](O)C4[C@]5(O)CO[C@@H]5C[C@H](O)[C@@]4(C)C(=O)[C@H](O)C(=C2C)C3(C)C)[C@@H](NC(=O)OC(C)(C)C)c2ccccc2)CC[C@]1(C)[C@H]1CC[C@@]2(C)[C@@H](CC[C@@H]2[C@H](C)CCCC(C)C)C1. The average Bonchev–Trinajstić information content (AvgIpc) is 0.852. The van der Waals surface area contributed by atoms with Crippen LogP contribution in [0.3, 0.4) is 0 Å². The van der Waals surface area contributed by atoms with Crippen LogP contribution in [0.15, 0.2) is 53.1 Å². The number of nitrogens with one attached hydrogen (secondary N) is 1. The molecule has 6 fully saturated rings. The highest BCUT2D eigenvalue weighted by atomic mass is 16.6. The number of benzene rings is 1. The van der Waals surface area contributed by atoms with Gasteiger partial charge in [-0.25, -0.2) is 19.2 Å². The fraction of sp³-hybridized carbons (Fsp3) is 0.769. The molecule has 6 aliphatic carbocycles. The summed E-state index contributed by atoms with van der Waals surface area (Å²) in [5, 5.41) is 63.8. The second kappa shape index (κ2) is 23.9. The highest BCUT2D eigenvalue weighted by Crippen LogP contribution is 2.65. The van der Waals surface area contributed by atoms with Gasteiger partial charge in [-0.15, -0.1) is 0 Å². The molecule has 458 valence electrons. The highest BCUT2D eigenvalue weighted by molar-refractivity contribution is 5.93. The van der Waals surface area contributed by atoms with E-state index in [9.17, 15) is 49.5 Å². The average molecular weight is 1150 g/mol. The molecule has 17 heteroatoms. The maximum Gasteiger partial charge on any atom is 0.408 e. The van der Waals surface area contributed by atoms with Crippen molar-refractivity contribution in [1.82, 2.24) is 5.32 Å². The van der Waals surface area contributed by atoms with E-state index in [0.717, 1.165) is 24.2 Å². The number of ether oxygens (including phenoxy) is 6. The lowest BCUT2D eigenvalue weighted by molar-refractivity contribution is -0.344. The molecule has 1 unspecified atom stereocenters. The molecule has 1 heterocycles. The monoisotopic (exact) mass is 1150 g/mol. The molecular weight excluding hydrogens is 1050 g/mol. The van der Waals surface area contributed by atoms with Crippen LogP contribution in [0.5, 0.6) is 0 Å². The Morgan fingerprint density at radius 3 is 2.18 bits per heavy atom. The molecule has 0 aromatic heterocycles. The predicted octanol–water partition coefficient (Wildman–Crippen LogP) is 8.73. The summed E-state index contributed by atoms with van der Waals surface area (Å²) in [6, 6.07) is 6.65. The van der Waals surface area contributed by atoms with Crippen LogP contribution in [-0.2, 0) is 47.6 Å². The number of carbonyl (C=O) groups excluding carboxylic acids is 5. The second-order valence-electron chi connectivity index (χ2n) is 28.5. The molecule has 1 amide bonds. The van der Waals surface area contributed by atoms with E-state index in [1.54, 1.807) is 51.1 Å². The van der Waals surface area contributed by atoms with Crippen molar-refractivity contribution >= 4 is 29.8 Å². The maximum atomic E-state index is 15.0. The standard InChI is InChI=1S/C65H97NO16/c1-14-40-30-43(26-28-61(40,11)42-25-27-62(12)41(29-42)23-24-44(62)37(4)20-18-19-36(2)3)79-48(68)33-77-34-49(69)81-53(51(39-21-16-15-17-22-39)66-58(74)82-59(6,7)8)57(73)80-45-32-65(76)56(72)54-63(13,46(67)31-47-64(54,75)35-78-47)55(71)52(70)50(38(45)5)60(65,9)10/h14-17,21-22,36-37,41-47,51-54,56,67,70,72,75-76H,18-20,23-35H2,1-13H3,(H,66,74)/b40-14-/t37-,41+,42+,43+,44-,45+,46+,47-,51+,52-,53-,54?,56+,61+,62+,63-,64+,65-/m1/s1. The molecule has 0 radical (unpaired) electrons. The summed E-state index contributed by atoms with van der Waals surface area (Å²) < 4.78 is 34.8. The molecule has 5 saturated carbocycles. The molecule has 7 aliphatic rings. The molecule has 1 aromatic rings. The quantitative estimate of drug-likeness (QED) is 0.0484. The van der Waals surface area contributed by atoms with Crippen molar-refractivity contribution in [2.45, 2.75) is 239 Å². The molecular formula is C65H97NO16. The number of hydrogen-bond donors (Lipinski definition) is 6. The van der Waals surface area contributed by atoms with Crippen molar-refractivity contribution in [2.75, 3.05) is 19.8 Å². The Kier molecular flexibility index (Phi) is 18.6. The molecule has 1 saturated heterocycles. The summed E-state index contributed by atoms with van der Waals surface area (Å²) in [4.78, 5) is 70.6. The number of hydrogen-bond acceptors (Lipinski definition) is 16. The number of esters is 3.